The molecule has 704 valence electrons. The number of sulfone groups is 2. The maximum Gasteiger partial charge on any atom is 0.431 e. The average molecular weight is 1950 g/mol. The summed E-state index contributed by atoms with van der Waals surface area (Å²) in [5.74, 6) is -8.85. The van der Waals surface area contributed by atoms with Gasteiger partial charge < -0.3 is 31.1 Å². The Kier molecular flexibility index (Phi) is 44.4. The second-order valence-corrected chi connectivity index (χ2v) is 33.2. The highest BCUT2D eigenvalue weighted by atomic mass is 35.6. The smallest absolute Gasteiger partial charge is 0.431 e. The van der Waals surface area contributed by atoms with E-state index in [9.17, 15) is 134 Å². The van der Waals surface area contributed by atoms with Crippen LogP contribution in [0.3, 0.4) is 0 Å². The number of halogens is 6. The van der Waals surface area contributed by atoms with Crippen LogP contribution in [0.5, 0.6) is 0 Å². The number of nitriles is 1. The molecule has 13 heterocycles. The van der Waals surface area contributed by atoms with Crippen molar-refractivity contribution in [2.45, 2.75) is 134 Å². The van der Waals surface area contributed by atoms with Crippen LogP contribution in [0.1, 0.15) is 118 Å². The largest absolute Gasteiger partial charge is 0.477 e. The zero-order chi connectivity index (χ0) is 98.4. The van der Waals surface area contributed by atoms with Gasteiger partial charge >= 0.3 is 24.1 Å². The molecule has 1 atom stereocenters. The summed E-state index contributed by atoms with van der Waals surface area (Å²) >= 11 is 15.8. The highest BCUT2D eigenvalue weighted by Gasteiger charge is 2.43. The SMILES string of the molecule is CC(=O)C1=NNC(=O)C1.CCC(=O)C1=NN(C2CCS(=O)(=O)C2)C(=O)C1.CCN1N=C(C(=O)O)CC1=O.CCOC(=O)C1=NNC(=O)C1.CN1N=C(C(F)(F)F)CC1=O.CS(=O)(=O)C1=NNC(=O)C1.N#CC1=NNC(=O)C1.NC(=O)C1=NNC(=O)C1.NS(=O)(=O)C1=NNC(=O)C1.O=C1CC(C(=O)C(Cl)(Cl)Cl)=NN1.O=C1CC(C(=O)NCCO)=NN1.O=C1CC(C(=O)O)=NN1. The molecular weight excluding hydrogens is 1880 g/mol. The summed E-state index contributed by atoms with van der Waals surface area (Å²) in [4.78, 5) is 212. The molecule has 0 aromatic heterocycles. The van der Waals surface area contributed by atoms with E-state index in [0.29, 0.717) is 36.7 Å². The number of aliphatic hydroxyl groups excluding tert-OH is 1. The lowest BCUT2D eigenvalue weighted by Crippen LogP contribution is -2.33. The van der Waals surface area contributed by atoms with Crippen molar-refractivity contribution in [3.63, 3.8) is 0 Å². The number of primary sulfonamides is 1. The van der Waals surface area contributed by atoms with Crippen molar-refractivity contribution in [1.82, 2.24) is 69.2 Å². The van der Waals surface area contributed by atoms with Gasteiger partial charge in [-0.3, -0.25) is 81.5 Å². The number of Topliss-reactive ketones (excluding diaryl/α,β-unsaturated/α-hetero) is 3. The molecule has 13 aliphatic rings. The van der Waals surface area contributed by atoms with E-state index in [1.165, 1.54) is 19.0 Å². The summed E-state index contributed by atoms with van der Waals surface area (Å²) in [6, 6.07) is 1.37. The number of nitrogens with one attached hydrogen (secondary N) is 10. The van der Waals surface area contributed by atoms with E-state index in [0.717, 1.165) is 11.3 Å². The van der Waals surface area contributed by atoms with Gasteiger partial charge in [-0.05, 0) is 20.3 Å². The lowest BCUT2D eigenvalue weighted by atomic mass is 10.1. The fraction of sp³-hybridized carbons (Fsp3) is 0.468. The van der Waals surface area contributed by atoms with Gasteiger partial charge in [-0.2, -0.15) is 79.7 Å². The minimum atomic E-state index is -4.47. The molecule has 13 aliphatic heterocycles. The maximum absolute atomic E-state index is 11.8. The molecular formula is C62H76Cl3F3N28O30S3. The first-order chi connectivity index (χ1) is 59.8. The van der Waals surface area contributed by atoms with Gasteiger partial charge in [0.1, 0.15) is 40.3 Å². The summed E-state index contributed by atoms with van der Waals surface area (Å²) < 4.78 is 103. The van der Waals surface area contributed by atoms with Gasteiger partial charge in [-0.25, -0.2) is 109 Å². The Morgan fingerprint density at radius 3 is 1.26 bits per heavy atom. The molecule has 0 aromatic rings. The Hall–Kier alpha value is -14.0. The number of hydrogen-bond donors (Lipinski definition) is 15. The number of aliphatic hydroxyl groups is 1. The van der Waals surface area contributed by atoms with E-state index >= 15 is 0 Å². The summed E-state index contributed by atoms with van der Waals surface area (Å²) in [5.41, 5.74) is 23.6. The third-order valence-corrected chi connectivity index (χ3v) is 19.2. The average Bonchev–Trinajstić information content (AvgIpc) is 1.65. The quantitative estimate of drug-likeness (QED) is 0.0567. The van der Waals surface area contributed by atoms with Crippen LogP contribution in [0.4, 0.5) is 13.2 Å². The number of hydrazone groups is 12. The molecule has 17 N–H and O–H groups in total. The fourth-order valence-corrected chi connectivity index (χ4v) is 11.9. The summed E-state index contributed by atoms with van der Waals surface area (Å²) in [6.07, 6.45) is -3.76. The molecule has 0 aliphatic carbocycles. The van der Waals surface area contributed by atoms with Crippen molar-refractivity contribution in [2.75, 3.05) is 51.1 Å². The molecule has 0 saturated carbocycles. The Bertz CT molecular complexity index is 5180. The van der Waals surface area contributed by atoms with Crippen LogP contribution in [0.2, 0.25) is 0 Å². The second-order valence-electron chi connectivity index (χ2n) is 25.1. The number of primary amides is 1. The number of amides is 14. The monoisotopic (exact) mass is 1950 g/mol. The van der Waals surface area contributed by atoms with Crippen molar-refractivity contribution in [3.05, 3.63) is 0 Å². The highest BCUT2D eigenvalue weighted by Crippen LogP contribution is 2.29. The van der Waals surface area contributed by atoms with Gasteiger partial charge in [0, 0.05) is 39.7 Å². The van der Waals surface area contributed by atoms with Crippen LogP contribution in [-0.4, -0.2) is 308 Å². The van der Waals surface area contributed by atoms with Gasteiger partial charge in [0.05, 0.1) is 108 Å². The summed E-state index contributed by atoms with van der Waals surface area (Å²) in [5, 5.41) is 83.7. The first kappa shape index (κ1) is 111. The van der Waals surface area contributed by atoms with Crippen LogP contribution in [0.25, 0.3) is 0 Å². The molecule has 1 fully saturated rings. The molecule has 1 saturated heterocycles. The van der Waals surface area contributed by atoms with Gasteiger partial charge in [0.25, 0.3) is 25.6 Å². The maximum atomic E-state index is 11.8. The number of ketones is 3. The Morgan fingerprint density at radius 2 is 0.992 bits per heavy atom. The molecule has 58 nitrogen and oxygen atoms in total. The zero-order valence-electron chi connectivity index (χ0n) is 67.4. The van der Waals surface area contributed by atoms with Crippen molar-refractivity contribution in [2.24, 2.45) is 72.1 Å². The van der Waals surface area contributed by atoms with E-state index in [2.05, 4.69) is 109 Å². The molecule has 129 heavy (non-hydrogen) atoms. The Labute approximate surface area is 737 Å². The molecule has 1 unspecified atom stereocenters. The number of esters is 1. The second kappa shape index (κ2) is 51.5. The first-order valence-electron chi connectivity index (χ1n) is 35.5. The number of aliphatic carboxylic acids is 2. The van der Waals surface area contributed by atoms with Crippen LogP contribution in [-0.2, 0) is 130 Å². The Balaban J connectivity index is 0.000000479. The van der Waals surface area contributed by atoms with Crippen LogP contribution in [0.15, 0.2) is 61.2 Å². The molecule has 0 bridgehead atoms. The standard InChI is InChI=1S/C10H14N2O4S.C6H9N3O3.2C6H8N2O3.C5H3Cl3N2O2.C5H5F3N2O.C5H6N2O2.C4H5N3O2.C4H3N3O.C4H6N2O3S.C4H4N2O3.C3H5N3O3S/c1-2-9(13)8-5-10(14)12(11-8)7-3-4-17(15,16)6-7;10-2-1-7-6(12)4-3-5(11)9-8-4;1-2-11-6(10)4-3-5(9)8-7-4;1-2-8-5(9)3-4(7-8)6(10)11;6-5(7,8)4(12)2-1-3(11)10-9-2;1-10-4(11)2-3(9-10)5(6,7)8;1-3(8)4-2-5(9)7-6-4;5-4(9)2-1-3(8)7-6-2;5-2-3-1-4(8)7-6-3;1-10(8,9)4-2-3(7)5-6-4;7-3-1-2(4(8)9)5-6-3;4-10(8,9)3-1-2(7)5-6-3/h7H,2-6H2,1H3;10H,1-3H2,(H,7,12)(H,9,11);2-3H2,1H3,(H,8,9);2-3H2,1H3,(H,10,11);1H2,(H,10,11);2H2,1H3;2H2,1H3,(H,7,9);1H2,(H2,5,9)(H,7,8);1H2,(H,7,8);2H2,1H3,(H,5,7);1H2,(H,6,7)(H,8,9);1H2,(H,5,7)(H2,4,8,9). The number of nitrogens with two attached hydrogens (primary N) is 2. The van der Waals surface area contributed by atoms with E-state index in [1.807, 2.05) is 16.3 Å². The number of sulfonamides is 1. The molecule has 0 aromatic carbocycles. The van der Waals surface area contributed by atoms with Gasteiger partial charge in [0.15, 0.2) is 64.2 Å². The first-order valence-corrected chi connectivity index (χ1v) is 41.9. The van der Waals surface area contributed by atoms with E-state index in [4.69, 9.17) is 61.1 Å². The lowest BCUT2D eigenvalue weighted by molar-refractivity contribution is -0.135. The van der Waals surface area contributed by atoms with Crippen molar-refractivity contribution in [3.8, 4) is 6.07 Å². The van der Waals surface area contributed by atoms with Gasteiger partial charge in [-0.15, -0.1) is 0 Å². The van der Waals surface area contributed by atoms with Crippen LogP contribution in [0, 0.1) is 11.3 Å². The van der Waals surface area contributed by atoms with E-state index in [1.54, 1.807) is 26.8 Å². The number of ether oxygens (including phenoxy) is 1. The lowest BCUT2D eigenvalue weighted by Gasteiger charge is -2.17. The number of nitrogens with zero attached hydrogens (tertiary/aromatic N) is 16. The highest BCUT2D eigenvalue weighted by molar-refractivity contribution is 8.06. The minimum absolute atomic E-state index is 0.00320. The van der Waals surface area contributed by atoms with E-state index < -0.39 is 105 Å². The van der Waals surface area contributed by atoms with Gasteiger partial charge in [-0.1, -0.05) is 41.7 Å². The molecule has 13 rings (SSSR count). The topological polar surface area (TPSA) is 868 Å². The molecule has 67 heteroatoms. The third kappa shape index (κ3) is 40.9. The summed E-state index contributed by atoms with van der Waals surface area (Å²) in [6.45, 7) is 7.31. The normalized spacial score (nSPS) is 18.5. The van der Waals surface area contributed by atoms with Crippen molar-refractivity contribution >= 4 is 250 Å². The summed E-state index contributed by atoms with van der Waals surface area (Å²) in [7, 11) is -8.89. The van der Waals surface area contributed by atoms with Crippen LogP contribution >= 0.6 is 34.8 Å². The van der Waals surface area contributed by atoms with Gasteiger partial charge in [0.2, 0.25) is 76.7 Å². The number of carboxylic acid groups (broad SMARTS) is 2. The fourth-order valence-electron chi connectivity index (χ4n) is 8.73. The van der Waals surface area contributed by atoms with Crippen molar-refractivity contribution in [1.29, 1.82) is 5.26 Å². The molecule has 14 amide bonds. The third-order valence-electron chi connectivity index (χ3n) is 14.9. The number of carbonyl (C=O) groups excluding carboxylic acids is 18. The van der Waals surface area contributed by atoms with E-state index in [-0.39, 0.29) is 222 Å². The number of rotatable bonds is 14. The predicted octanol–water partition coefficient (Wildman–Crippen LogP) is -8.51. The number of carboxylic acids is 2. The number of hydrogen-bond acceptors (Lipinski definition) is 41. The Morgan fingerprint density at radius 1 is 0.566 bits per heavy atom. The minimum Gasteiger partial charge on any atom is -0.477 e. The predicted molar refractivity (Wildman–Crippen MR) is 434 cm³/mol. The van der Waals surface area contributed by atoms with Crippen LogP contribution < -0.4 is 65.0 Å². The zero-order valence-corrected chi connectivity index (χ0v) is 72.1. The number of carbonyl (C=O) groups is 20. The number of alkyl halides is 6. The molecule has 0 radical (unpaired) electrons. The van der Waals surface area contributed by atoms with Crippen molar-refractivity contribution < 1.29 is 154 Å². The molecule has 0 spiro atoms.